The fraction of sp³-hybridized carbons (Fsp3) is 0.588. The molecule has 1 atom stereocenters. The molecule has 1 aromatic carbocycles. The quantitative estimate of drug-likeness (QED) is 0.741. The zero-order chi connectivity index (χ0) is 18.3. The van der Waals surface area contributed by atoms with Crippen LogP contribution in [0.2, 0.25) is 0 Å². The number of nitrogens with one attached hydrogen (secondary N) is 1. The van der Waals surface area contributed by atoms with Crippen LogP contribution in [0.4, 0.5) is 0 Å². The van der Waals surface area contributed by atoms with E-state index in [1.807, 2.05) is 0 Å². The van der Waals surface area contributed by atoms with Gasteiger partial charge in [-0.05, 0) is 37.0 Å². The molecule has 25 heavy (non-hydrogen) atoms. The first kappa shape index (κ1) is 19.8. The van der Waals surface area contributed by atoms with Crippen molar-refractivity contribution in [3.63, 3.8) is 0 Å². The third-order valence-electron chi connectivity index (χ3n) is 4.19. The Morgan fingerprint density at radius 1 is 1.44 bits per heavy atom. The lowest BCUT2D eigenvalue weighted by Crippen LogP contribution is -2.33. The minimum Gasteiger partial charge on any atom is -0.383 e. The number of hydrogen-bond donors (Lipinski definition) is 1. The summed E-state index contributed by atoms with van der Waals surface area (Å²) in [6.07, 6.45) is 1.90. The monoisotopic (exact) mass is 370 g/mol. The van der Waals surface area contributed by atoms with Gasteiger partial charge in [-0.25, -0.2) is 13.1 Å². The maximum absolute atomic E-state index is 12.5. The van der Waals surface area contributed by atoms with Crippen molar-refractivity contribution in [2.24, 2.45) is 5.92 Å². The minimum atomic E-state index is -3.66. The number of carbonyl (C=O) groups is 1. The van der Waals surface area contributed by atoms with Crippen LogP contribution in [0, 0.1) is 5.92 Å². The van der Waals surface area contributed by atoms with E-state index in [0.29, 0.717) is 31.9 Å². The Morgan fingerprint density at radius 3 is 2.92 bits per heavy atom. The van der Waals surface area contributed by atoms with Gasteiger partial charge in [0, 0.05) is 39.4 Å². The zero-order valence-electron chi connectivity index (χ0n) is 14.7. The highest BCUT2D eigenvalue weighted by Crippen LogP contribution is 2.16. The molecular formula is C17H26N2O5S. The van der Waals surface area contributed by atoms with E-state index in [1.165, 1.54) is 17.0 Å². The second kappa shape index (κ2) is 9.28. The van der Waals surface area contributed by atoms with Crippen LogP contribution in [0.3, 0.4) is 0 Å². The lowest BCUT2D eigenvalue weighted by atomic mass is 10.0. The SMILES string of the molecule is COCCN(C)C(=O)c1cccc(S(=O)(=O)NCC2CCCOC2)c1. The molecule has 0 bridgehead atoms. The lowest BCUT2D eigenvalue weighted by molar-refractivity contribution is 0.0568. The second-order valence-corrected chi connectivity index (χ2v) is 7.95. The van der Waals surface area contributed by atoms with Gasteiger partial charge in [-0.2, -0.15) is 0 Å². The predicted octanol–water partition coefficient (Wildman–Crippen LogP) is 1.11. The number of methoxy groups -OCH3 is 1. The standard InChI is InChI=1S/C17H26N2O5S/c1-19(8-10-23-2)17(20)15-6-3-7-16(11-15)25(21,22)18-12-14-5-4-9-24-13-14/h3,6-7,11,14,18H,4-5,8-10,12-13H2,1-2H3. The third-order valence-corrected chi connectivity index (χ3v) is 5.61. The maximum Gasteiger partial charge on any atom is 0.253 e. The van der Waals surface area contributed by atoms with E-state index in [-0.39, 0.29) is 16.7 Å². The molecule has 1 amide bonds. The first-order chi connectivity index (χ1) is 11.9. The average Bonchev–Trinajstić information content (AvgIpc) is 2.65. The molecular weight excluding hydrogens is 344 g/mol. The lowest BCUT2D eigenvalue weighted by Gasteiger charge is -2.22. The highest BCUT2D eigenvalue weighted by Gasteiger charge is 2.21. The number of carbonyl (C=O) groups excluding carboxylic acids is 1. The molecule has 8 heteroatoms. The van der Waals surface area contributed by atoms with E-state index < -0.39 is 10.0 Å². The maximum atomic E-state index is 12.5. The second-order valence-electron chi connectivity index (χ2n) is 6.18. The number of nitrogens with zero attached hydrogens (tertiary/aromatic N) is 1. The van der Waals surface area contributed by atoms with Crippen molar-refractivity contribution in [1.29, 1.82) is 0 Å². The summed E-state index contributed by atoms with van der Waals surface area (Å²) in [5.74, 6) is -0.0525. The van der Waals surface area contributed by atoms with Gasteiger partial charge in [0.2, 0.25) is 10.0 Å². The summed E-state index contributed by atoms with van der Waals surface area (Å²) in [7, 11) is -0.439. The molecule has 2 rings (SSSR count). The van der Waals surface area contributed by atoms with Crippen molar-refractivity contribution in [2.45, 2.75) is 17.7 Å². The molecule has 1 unspecified atom stereocenters. The first-order valence-electron chi connectivity index (χ1n) is 8.36. The normalized spacial score (nSPS) is 18.1. The van der Waals surface area contributed by atoms with Crippen molar-refractivity contribution in [3.05, 3.63) is 29.8 Å². The number of benzene rings is 1. The number of sulfonamides is 1. The topological polar surface area (TPSA) is 84.9 Å². The van der Waals surface area contributed by atoms with Gasteiger partial charge >= 0.3 is 0 Å². The Hall–Kier alpha value is -1.48. The zero-order valence-corrected chi connectivity index (χ0v) is 15.5. The fourth-order valence-electron chi connectivity index (χ4n) is 2.63. The van der Waals surface area contributed by atoms with Gasteiger partial charge in [-0.1, -0.05) is 6.07 Å². The largest absolute Gasteiger partial charge is 0.383 e. The van der Waals surface area contributed by atoms with Crippen LogP contribution < -0.4 is 4.72 Å². The molecule has 1 aliphatic rings. The van der Waals surface area contributed by atoms with Crippen molar-refractivity contribution >= 4 is 15.9 Å². The van der Waals surface area contributed by atoms with E-state index >= 15 is 0 Å². The van der Waals surface area contributed by atoms with Crippen molar-refractivity contribution in [1.82, 2.24) is 9.62 Å². The van der Waals surface area contributed by atoms with Crippen LogP contribution in [0.25, 0.3) is 0 Å². The molecule has 0 aliphatic carbocycles. The number of hydrogen-bond acceptors (Lipinski definition) is 5. The summed E-state index contributed by atoms with van der Waals surface area (Å²) in [6, 6.07) is 6.09. The van der Waals surface area contributed by atoms with Gasteiger partial charge in [0.25, 0.3) is 5.91 Å². The number of rotatable bonds is 8. The molecule has 1 aliphatic heterocycles. The molecule has 0 aromatic heterocycles. The van der Waals surface area contributed by atoms with Crippen molar-refractivity contribution in [2.75, 3.05) is 47.1 Å². The van der Waals surface area contributed by atoms with Crippen LogP contribution in [-0.2, 0) is 19.5 Å². The van der Waals surface area contributed by atoms with E-state index in [1.54, 1.807) is 26.3 Å². The molecule has 1 fully saturated rings. The van der Waals surface area contributed by atoms with Crippen LogP contribution in [0.1, 0.15) is 23.2 Å². The molecule has 0 saturated carbocycles. The third kappa shape index (κ3) is 5.78. The van der Waals surface area contributed by atoms with Crippen molar-refractivity contribution in [3.8, 4) is 0 Å². The smallest absolute Gasteiger partial charge is 0.253 e. The Morgan fingerprint density at radius 2 is 2.24 bits per heavy atom. The van der Waals surface area contributed by atoms with E-state index in [9.17, 15) is 13.2 Å². The summed E-state index contributed by atoms with van der Waals surface area (Å²) >= 11 is 0. The van der Waals surface area contributed by atoms with Gasteiger partial charge in [0.05, 0.1) is 18.1 Å². The van der Waals surface area contributed by atoms with Crippen molar-refractivity contribution < 1.29 is 22.7 Å². The molecule has 0 spiro atoms. The summed E-state index contributed by atoms with van der Waals surface area (Å²) in [5.41, 5.74) is 0.336. The summed E-state index contributed by atoms with van der Waals surface area (Å²) < 4.78 is 37.9. The minimum absolute atomic E-state index is 0.0928. The highest BCUT2D eigenvalue weighted by molar-refractivity contribution is 7.89. The first-order valence-corrected chi connectivity index (χ1v) is 9.84. The van der Waals surface area contributed by atoms with Gasteiger partial charge in [0.1, 0.15) is 0 Å². The molecule has 7 nitrogen and oxygen atoms in total. The Labute approximate surface area is 149 Å². The molecule has 140 valence electrons. The summed E-state index contributed by atoms with van der Waals surface area (Å²) in [6.45, 7) is 2.51. The average molecular weight is 370 g/mol. The highest BCUT2D eigenvalue weighted by atomic mass is 32.2. The summed E-state index contributed by atoms with van der Waals surface area (Å²) in [4.78, 5) is 14.0. The van der Waals surface area contributed by atoms with Crippen LogP contribution >= 0.6 is 0 Å². The molecule has 1 N–H and O–H groups in total. The van der Waals surface area contributed by atoms with Gasteiger partial charge in [-0.15, -0.1) is 0 Å². The number of amides is 1. The van der Waals surface area contributed by atoms with E-state index in [4.69, 9.17) is 9.47 Å². The predicted molar refractivity (Wildman–Crippen MR) is 94.0 cm³/mol. The van der Waals surface area contributed by atoms with Crippen LogP contribution in [0.5, 0.6) is 0 Å². The summed E-state index contributed by atoms with van der Waals surface area (Å²) in [5, 5.41) is 0. The fourth-order valence-corrected chi connectivity index (χ4v) is 3.79. The Kier molecular flexibility index (Phi) is 7.37. The van der Waals surface area contributed by atoms with Crippen LogP contribution in [0.15, 0.2) is 29.2 Å². The Bertz CT molecular complexity index is 671. The number of ether oxygens (including phenoxy) is 2. The molecule has 1 aromatic rings. The number of likely N-dealkylation sites (N-methyl/N-ethyl adjacent to an activating group) is 1. The van der Waals surface area contributed by atoms with E-state index in [0.717, 1.165) is 19.4 Å². The Balaban J connectivity index is 2.04. The molecule has 1 heterocycles. The van der Waals surface area contributed by atoms with Gasteiger partial charge in [0.15, 0.2) is 0 Å². The molecule has 0 radical (unpaired) electrons. The van der Waals surface area contributed by atoms with Gasteiger partial charge < -0.3 is 14.4 Å². The van der Waals surface area contributed by atoms with E-state index in [2.05, 4.69) is 4.72 Å². The van der Waals surface area contributed by atoms with Crippen LogP contribution in [-0.4, -0.2) is 66.3 Å². The molecule has 1 saturated heterocycles. The van der Waals surface area contributed by atoms with Gasteiger partial charge in [-0.3, -0.25) is 4.79 Å².